The molecule has 4 rings (SSSR count). The Morgan fingerprint density at radius 2 is 1.81 bits per heavy atom. The van der Waals surface area contributed by atoms with E-state index in [1.54, 1.807) is 5.48 Å². The molecule has 2 aromatic carbocycles. The number of amides is 1. The van der Waals surface area contributed by atoms with E-state index < -0.39 is 29.7 Å². The van der Waals surface area contributed by atoms with Crippen molar-refractivity contribution < 1.29 is 40.7 Å². The largest absolute Gasteiger partial charge is 0.573 e. The number of alkyl halides is 5. The van der Waals surface area contributed by atoms with Crippen LogP contribution in [0.1, 0.15) is 15.9 Å². The molecule has 0 aliphatic rings. The van der Waals surface area contributed by atoms with Gasteiger partial charge in [0, 0.05) is 23.2 Å². The van der Waals surface area contributed by atoms with E-state index in [-0.39, 0.29) is 27.5 Å². The molecule has 31 heavy (non-hydrogen) atoms. The van der Waals surface area contributed by atoms with E-state index in [9.17, 15) is 26.7 Å². The lowest BCUT2D eigenvalue weighted by Gasteiger charge is -2.16. The maximum atomic E-state index is 14.1. The average molecular weight is 438 g/mol. The van der Waals surface area contributed by atoms with Gasteiger partial charge in [-0.05, 0) is 42.5 Å². The van der Waals surface area contributed by atoms with Crippen molar-refractivity contribution in [1.82, 2.24) is 10.5 Å². The minimum Gasteiger partial charge on any atom is -0.456 e. The SMILES string of the molecule is O=C(NOC(F)(F)c1cccnc1)c1cccc2oc3ccc(OC(F)(F)F)cc3c12. The van der Waals surface area contributed by atoms with Crippen molar-refractivity contribution in [3.63, 3.8) is 0 Å². The molecular weight excluding hydrogens is 427 g/mol. The second-order valence-corrected chi connectivity index (χ2v) is 6.28. The summed E-state index contributed by atoms with van der Waals surface area (Å²) in [6, 6.07) is 9.85. The quantitative estimate of drug-likeness (QED) is 0.339. The topological polar surface area (TPSA) is 73.6 Å². The number of ether oxygens (including phenoxy) is 1. The fourth-order valence-electron chi connectivity index (χ4n) is 2.95. The third-order valence-corrected chi connectivity index (χ3v) is 4.21. The molecule has 160 valence electrons. The molecule has 6 nitrogen and oxygen atoms in total. The van der Waals surface area contributed by atoms with Gasteiger partial charge in [-0.3, -0.25) is 9.78 Å². The molecule has 0 aliphatic carbocycles. The van der Waals surface area contributed by atoms with E-state index in [1.165, 1.54) is 36.5 Å². The van der Waals surface area contributed by atoms with Crippen molar-refractivity contribution in [2.24, 2.45) is 0 Å². The highest BCUT2D eigenvalue weighted by Crippen LogP contribution is 2.35. The Hall–Kier alpha value is -3.73. The summed E-state index contributed by atoms with van der Waals surface area (Å²) < 4.78 is 75.3. The first-order valence-corrected chi connectivity index (χ1v) is 8.62. The average Bonchev–Trinajstić information content (AvgIpc) is 3.09. The van der Waals surface area contributed by atoms with Crippen LogP contribution in [0.4, 0.5) is 22.0 Å². The lowest BCUT2D eigenvalue weighted by Crippen LogP contribution is -2.32. The zero-order valence-electron chi connectivity index (χ0n) is 15.2. The number of rotatable bonds is 5. The van der Waals surface area contributed by atoms with E-state index >= 15 is 0 Å². The molecule has 1 N–H and O–H groups in total. The minimum atomic E-state index is -4.92. The number of nitrogens with one attached hydrogen (secondary N) is 1. The first-order chi connectivity index (χ1) is 14.6. The van der Waals surface area contributed by atoms with E-state index in [4.69, 9.17) is 4.42 Å². The van der Waals surface area contributed by atoms with E-state index in [0.29, 0.717) is 0 Å². The number of nitrogens with zero attached hydrogens (tertiary/aromatic N) is 1. The Bertz CT molecular complexity index is 1260. The summed E-state index contributed by atoms with van der Waals surface area (Å²) in [5, 5.41) is 0.234. The summed E-state index contributed by atoms with van der Waals surface area (Å²) in [5.41, 5.74) is 1.26. The van der Waals surface area contributed by atoms with Crippen LogP contribution >= 0.6 is 0 Å². The summed E-state index contributed by atoms with van der Waals surface area (Å²) in [6.45, 7) is 0. The van der Waals surface area contributed by atoms with Crippen LogP contribution in [0, 0.1) is 0 Å². The zero-order valence-corrected chi connectivity index (χ0v) is 15.2. The van der Waals surface area contributed by atoms with Crippen LogP contribution in [0.15, 0.2) is 65.3 Å². The number of hydrogen-bond acceptors (Lipinski definition) is 5. The summed E-state index contributed by atoms with van der Waals surface area (Å²) >= 11 is 0. The highest BCUT2D eigenvalue weighted by atomic mass is 19.4. The molecule has 0 atom stereocenters. The molecule has 1 amide bonds. The van der Waals surface area contributed by atoms with Gasteiger partial charge in [-0.2, -0.15) is 13.6 Å². The van der Waals surface area contributed by atoms with Gasteiger partial charge in [0.2, 0.25) is 0 Å². The molecule has 2 heterocycles. The van der Waals surface area contributed by atoms with E-state index in [2.05, 4.69) is 14.6 Å². The Morgan fingerprint density at radius 3 is 2.52 bits per heavy atom. The van der Waals surface area contributed by atoms with Gasteiger partial charge in [0.05, 0.1) is 11.1 Å². The fourth-order valence-corrected chi connectivity index (χ4v) is 2.95. The second-order valence-electron chi connectivity index (χ2n) is 6.28. The highest BCUT2D eigenvalue weighted by Gasteiger charge is 2.35. The smallest absolute Gasteiger partial charge is 0.456 e. The second kappa shape index (κ2) is 7.51. The summed E-state index contributed by atoms with van der Waals surface area (Å²) in [6.07, 6.45) is -6.62. The van der Waals surface area contributed by atoms with Gasteiger partial charge in [0.15, 0.2) is 0 Å². The van der Waals surface area contributed by atoms with Crippen molar-refractivity contribution in [2.45, 2.75) is 12.5 Å². The standard InChI is InChI=1S/C20H11F5N2O4/c21-19(22,11-3-2-8-26-10-11)31-27-18(28)13-4-1-5-16-17(13)14-9-12(30-20(23,24)25)6-7-15(14)29-16/h1-10H,(H,27,28). The molecule has 0 fully saturated rings. The lowest BCUT2D eigenvalue weighted by molar-refractivity contribution is -0.274. The summed E-state index contributed by atoms with van der Waals surface area (Å²) in [5.74, 6) is -1.59. The predicted octanol–water partition coefficient (Wildman–Crippen LogP) is 5.29. The number of halogens is 5. The fraction of sp³-hybridized carbons (Fsp3) is 0.100. The lowest BCUT2D eigenvalue weighted by atomic mass is 10.1. The Labute approximate surface area is 170 Å². The number of carbonyl (C=O) groups excluding carboxylic acids is 1. The molecule has 11 heteroatoms. The minimum absolute atomic E-state index is 0.107. The number of fused-ring (bicyclic) bond motifs is 3. The molecule has 0 aliphatic heterocycles. The van der Waals surface area contributed by atoms with E-state index in [0.717, 1.165) is 24.4 Å². The predicted molar refractivity (Wildman–Crippen MR) is 97.1 cm³/mol. The van der Waals surface area contributed by atoms with Crippen LogP contribution in [0.3, 0.4) is 0 Å². The number of benzene rings is 2. The Kier molecular flexibility index (Phi) is 4.97. The first-order valence-electron chi connectivity index (χ1n) is 8.62. The molecule has 0 bridgehead atoms. The highest BCUT2D eigenvalue weighted by molar-refractivity contribution is 6.16. The molecule has 0 saturated carbocycles. The first kappa shape index (κ1) is 20.5. The maximum Gasteiger partial charge on any atom is 0.573 e. The van der Waals surface area contributed by atoms with Crippen molar-refractivity contribution in [1.29, 1.82) is 0 Å². The summed E-state index contributed by atoms with van der Waals surface area (Å²) in [4.78, 5) is 20.4. The van der Waals surface area contributed by atoms with Gasteiger partial charge in [0.1, 0.15) is 16.9 Å². The van der Waals surface area contributed by atoms with Crippen LogP contribution in [-0.2, 0) is 10.9 Å². The molecule has 0 saturated heterocycles. The van der Waals surface area contributed by atoms with Gasteiger partial charge >= 0.3 is 12.5 Å². The van der Waals surface area contributed by atoms with Gasteiger partial charge < -0.3 is 9.15 Å². The Morgan fingerprint density at radius 1 is 1.00 bits per heavy atom. The normalized spacial score (nSPS) is 12.3. The van der Waals surface area contributed by atoms with Crippen molar-refractivity contribution in [3.8, 4) is 5.75 Å². The van der Waals surface area contributed by atoms with Crippen molar-refractivity contribution >= 4 is 27.8 Å². The van der Waals surface area contributed by atoms with Crippen molar-refractivity contribution in [3.05, 3.63) is 72.1 Å². The van der Waals surface area contributed by atoms with Crippen LogP contribution < -0.4 is 10.2 Å². The van der Waals surface area contributed by atoms with Gasteiger partial charge in [0.25, 0.3) is 5.91 Å². The molecule has 0 spiro atoms. The van der Waals surface area contributed by atoms with Gasteiger partial charge in [-0.1, -0.05) is 6.07 Å². The van der Waals surface area contributed by atoms with Gasteiger partial charge in [-0.25, -0.2) is 5.48 Å². The number of furan rings is 1. The van der Waals surface area contributed by atoms with Crippen LogP contribution in [-0.4, -0.2) is 17.3 Å². The number of pyridine rings is 1. The molecule has 4 aromatic rings. The zero-order chi connectivity index (χ0) is 22.2. The van der Waals surface area contributed by atoms with Crippen LogP contribution in [0.2, 0.25) is 0 Å². The number of hydroxylamine groups is 1. The Balaban J connectivity index is 1.67. The van der Waals surface area contributed by atoms with E-state index in [1.807, 2.05) is 0 Å². The monoisotopic (exact) mass is 438 g/mol. The van der Waals surface area contributed by atoms with Crippen LogP contribution in [0.25, 0.3) is 21.9 Å². The maximum absolute atomic E-state index is 14.1. The number of carbonyl (C=O) groups is 1. The molecular formula is C20H11F5N2O4. The van der Waals surface area contributed by atoms with Crippen LogP contribution in [0.5, 0.6) is 5.75 Å². The summed E-state index contributed by atoms with van der Waals surface area (Å²) in [7, 11) is 0. The van der Waals surface area contributed by atoms with Gasteiger partial charge in [-0.15, -0.1) is 13.2 Å². The molecule has 2 aromatic heterocycles. The molecule has 0 unspecified atom stereocenters. The number of hydrogen-bond donors (Lipinski definition) is 1. The number of aromatic nitrogens is 1. The third-order valence-electron chi connectivity index (χ3n) is 4.21. The molecule has 0 radical (unpaired) electrons. The third kappa shape index (κ3) is 4.26. The van der Waals surface area contributed by atoms with Crippen molar-refractivity contribution in [2.75, 3.05) is 0 Å².